The number of anilines is 1. The van der Waals surface area contributed by atoms with E-state index in [2.05, 4.69) is 17.4 Å². The fraction of sp³-hybridized carbons (Fsp3) is 0.529. The van der Waals surface area contributed by atoms with Crippen LogP contribution in [0.3, 0.4) is 0 Å². The van der Waals surface area contributed by atoms with E-state index in [0.29, 0.717) is 6.54 Å². The van der Waals surface area contributed by atoms with Gasteiger partial charge in [-0.15, -0.1) is 0 Å². The molecule has 1 saturated heterocycles. The number of aryl methyl sites for hydroxylation is 3. The average Bonchev–Trinajstić information content (AvgIpc) is 2.42. The topological polar surface area (TPSA) is 75.4 Å². The second kappa shape index (κ2) is 6.38. The molecule has 1 heterocycles. The van der Waals surface area contributed by atoms with Gasteiger partial charge in [0.05, 0.1) is 5.92 Å². The molecule has 120 valence electrons. The number of urea groups is 1. The summed E-state index contributed by atoms with van der Waals surface area (Å²) in [6.45, 7) is 8.41. The van der Waals surface area contributed by atoms with Crippen LogP contribution in [0.2, 0.25) is 0 Å². The van der Waals surface area contributed by atoms with Crippen molar-refractivity contribution in [1.82, 2.24) is 4.90 Å². The van der Waals surface area contributed by atoms with Gasteiger partial charge in [0, 0.05) is 18.3 Å². The van der Waals surface area contributed by atoms with Crippen molar-refractivity contribution in [2.24, 2.45) is 11.7 Å². The molecule has 0 unspecified atom stereocenters. The van der Waals surface area contributed by atoms with Gasteiger partial charge in [-0.05, 0) is 51.7 Å². The summed E-state index contributed by atoms with van der Waals surface area (Å²) in [5.74, 6) is -0.574. The Morgan fingerprint density at radius 3 is 2.32 bits per heavy atom. The molecule has 0 aliphatic carbocycles. The van der Waals surface area contributed by atoms with Crippen LogP contribution in [0, 0.1) is 26.7 Å². The SMILES string of the molecule is Cc1cc(C)c(NC(=O)N2C[C@@H](C(N)=O)CC[C@H]2C)c(C)c1. The van der Waals surface area contributed by atoms with Gasteiger partial charge in [-0.3, -0.25) is 4.79 Å². The number of hydrogen-bond donors (Lipinski definition) is 2. The van der Waals surface area contributed by atoms with Gasteiger partial charge < -0.3 is 16.0 Å². The number of rotatable bonds is 2. The maximum atomic E-state index is 12.6. The first-order valence-electron chi connectivity index (χ1n) is 7.74. The van der Waals surface area contributed by atoms with Crippen LogP contribution in [0.1, 0.15) is 36.5 Å². The fourth-order valence-corrected chi connectivity index (χ4v) is 3.18. The zero-order valence-electron chi connectivity index (χ0n) is 13.8. The quantitative estimate of drug-likeness (QED) is 0.881. The number of carbonyl (C=O) groups is 2. The van der Waals surface area contributed by atoms with Crippen molar-refractivity contribution < 1.29 is 9.59 Å². The molecule has 0 radical (unpaired) electrons. The van der Waals surface area contributed by atoms with Gasteiger partial charge in [0.25, 0.3) is 0 Å². The monoisotopic (exact) mass is 303 g/mol. The van der Waals surface area contributed by atoms with Crippen LogP contribution in [0.15, 0.2) is 12.1 Å². The molecule has 2 rings (SSSR count). The fourth-order valence-electron chi connectivity index (χ4n) is 3.18. The standard InChI is InChI=1S/C17H25N3O2/c1-10-7-11(2)15(12(3)8-10)19-17(22)20-9-14(16(18)21)6-5-13(20)4/h7-8,13-14H,5-6,9H2,1-4H3,(H2,18,21)(H,19,22)/t13-,14+/m1/s1. The molecule has 0 saturated carbocycles. The summed E-state index contributed by atoms with van der Waals surface area (Å²) < 4.78 is 0. The highest BCUT2D eigenvalue weighted by molar-refractivity contribution is 5.92. The number of nitrogens with zero attached hydrogens (tertiary/aromatic N) is 1. The molecule has 1 fully saturated rings. The predicted molar refractivity (Wildman–Crippen MR) is 87.8 cm³/mol. The van der Waals surface area contributed by atoms with Crippen molar-refractivity contribution in [3.8, 4) is 0 Å². The number of piperidine rings is 1. The summed E-state index contributed by atoms with van der Waals surface area (Å²) in [4.78, 5) is 25.7. The van der Waals surface area contributed by atoms with Crippen molar-refractivity contribution in [1.29, 1.82) is 0 Å². The largest absolute Gasteiger partial charge is 0.369 e. The molecule has 0 bridgehead atoms. The Kier molecular flexibility index (Phi) is 4.74. The van der Waals surface area contributed by atoms with E-state index in [-0.39, 0.29) is 23.9 Å². The van der Waals surface area contributed by atoms with E-state index in [9.17, 15) is 9.59 Å². The van der Waals surface area contributed by atoms with Gasteiger partial charge in [0.2, 0.25) is 5.91 Å². The summed E-state index contributed by atoms with van der Waals surface area (Å²) in [7, 11) is 0. The molecule has 1 aromatic carbocycles. The van der Waals surface area contributed by atoms with Crippen LogP contribution in [-0.2, 0) is 4.79 Å². The van der Waals surface area contributed by atoms with Crippen molar-refractivity contribution >= 4 is 17.6 Å². The minimum Gasteiger partial charge on any atom is -0.369 e. The molecule has 5 heteroatoms. The number of benzene rings is 1. The van der Waals surface area contributed by atoms with Gasteiger partial charge in [-0.25, -0.2) is 4.79 Å². The Bertz CT molecular complexity index is 575. The number of hydrogen-bond acceptors (Lipinski definition) is 2. The van der Waals surface area contributed by atoms with Crippen molar-refractivity contribution in [2.75, 3.05) is 11.9 Å². The number of primary amides is 1. The summed E-state index contributed by atoms with van der Waals surface area (Å²) in [5.41, 5.74) is 9.51. The summed E-state index contributed by atoms with van der Waals surface area (Å²) in [5, 5.41) is 3.00. The maximum absolute atomic E-state index is 12.6. The molecule has 1 aromatic rings. The summed E-state index contributed by atoms with van der Waals surface area (Å²) >= 11 is 0. The molecular formula is C17H25N3O2. The molecule has 1 aliphatic rings. The van der Waals surface area contributed by atoms with E-state index in [0.717, 1.165) is 29.7 Å². The number of nitrogens with one attached hydrogen (secondary N) is 1. The molecule has 2 atom stereocenters. The van der Waals surface area contributed by atoms with E-state index >= 15 is 0 Å². The first-order chi connectivity index (χ1) is 10.3. The Morgan fingerprint density at radius 2 is 1.77 bits per heavy atom. The number of amides is 3. The number of carbonyl (C=O) groups excluding carboxylic acids is 2. The minimum atomic E-state index is -0.326. The van der Waals surface area contributed by atoms with Gasteiger partial charge in [-0.1, -0.05) is 17.7 Å². The van der Waals surface area contributed by atoms with E-state index in [1.54, 1.807) is 4.90 Å². The van der Waals surface area contributed by atoms with E-state index < -0.39 is 0 Å². The van der Waals surface area contributed by atoms with Crippen LogP contribution in [0.25, 0.3) is 0 Å². The van der Waals surface area contributed by atoms with Crippen LogP contribution in [0.4, 0.5) is 10.5 Å². The van der Waals surface area contributed by atoms with Crippen LogP contribution >= 0.6 is 0 Å². The minimum absolute atomic E-state index is 0.113. The third-order valence-corrected chi connectivity index (χ3v) is 4.45. The Morgan fingerprint density at radius 1 is 1.18 bits per heavy atom. The highest BCUT2D eigenvalue weighted by atomic mass is 16.2. The van der Waals surface area contributed by atoms with Gasteiger partial charge in [0.1, 0.15) is 0 Å². The number of nitrogens with two attached hydrogens (primary N) is 1. The Balaban J connectivity index is 2.16. The summed E-state index contributed by atoms with van der Waals surface area (Å²) in [6, 6.07) is 4.05. The first-order valence-corrected chi connectivity index (χ1v) is 7.74. The smallest absolute Gasteiger partial charge is 0.322 e. The van der Waals surface area contributed by atoms with Gasteiger partial charge >= 0.3 is 6.03 Å². The average molecular weight is 303 g/mol. The predicted octanol–water partition coefficient (Wildman–Crippen LogP) is 2.73. The van der Waals surface area contributed by atoms with E-state index in [1.807, 2.05) is 27.7 Å². The van der Waals surface area contributed by atoms with Crippen molar-refractivity contribution in [2.45, 2.75) is 46.6 Å². The van der Waals surface area contributed by atoms with Crippen molar-refractivity contribution in [3.63, 3.8) is 0 Å². The molecule has 3 amide bonds. The van der Waals surface area contributed by atoms with Crippen LogP contribution < -0.4 is 11.1 Å². The third-order valence-electron chi connectivity index (χ3n) is 4.45. The highest BCUT2D eigenvalue weighted by Gasteiger charge is 2.31. The van der Waals surface area contributed by atoms with Crippen molar-refractivity contribution in [3.05, 3.63) is 28.8 Å². The number of likely N-dealkylation sites (tertiary alicyclic amines) is 1. The molecule has 0 aromatic heterocycles. The van der Waals surface area contributed by atoms with Gasteiger partial charge in [0.15, 0.2) is 0 Å². The highest BCUT2D eigenvalue weighted by Crippen LogP contribution is 2.25. The molecule has 22 heavy (non-hydrogen) atoms. The lowest BCUT2D eigenvalue weighted by Crippen LogP contribution is -2.50. The molecular weight excluding hydrogens is 278 g/mol. The second-order valence-electron chi connectivity index (χ2n) is 6.38. The Labute approximate surface area is 131 Å². The molecule has 0 spiro atoms. The molecule has 1 aliphatic heterocycles. The van der Waals surface area contributed by atoms with Crippen LogP contribution in [0.5, 0.6) is 0 Å². The Hall–Kier alpha value is -2.04. The van der Waals surface area contributed by atoms with E-state index in [4.69, 9.17) is 5.73 Å². The van der Waals surface area contributed by atoms with Gasteiger partial charge in [-0.2, -0.15) is 0 Å². The van der Waals surface area contributed by atoms with Crippen LogP contribution in [-0.4, -0.2) is 29.4 Å². The zero-order valence-corrected chi connectivity index (χ0v) is 13.8. The van der Waals surface area contributed by atoms with E-state index in [1.165, 1.54) is 5.56 Å². The lowest BCUT2D eigenvalue weighted by Gasteiger charge is -2.37. The lowest BCUT2D eigenvalue weighted by molar-refractivity contribution is -0.123. The normalized spacial score (nSPS) is 21.5. The maximum Gasteiger partial charge on any atom is 0.322 e. The molecule has 5 nitrogen and oxygen atoms in total. The summed E-state index contributed by atoms with van der Waals surface area (Å²) in [6.07, 6.45) is 1.55. The second-order valence-corrected chi connectivity index (χ2v) is 6.38. The molecule has 3 N–H and O–H groups in total. The lowest BCUT2D eigenvalue weighted by atomic mass is 9.93. The zero-order chi connectivity index (χ0) is 16.4. The third kappa shape index (κ3) is 3.40. The first kappa shape index (κ1) is 16.3.